The number of aryl methyl sites for hydroxylation is 1. The van der Waals surface area contributed by atoms with E-state index in [0.29, 0.717) is 18.0 Å². The van der Waals surface area contributed by atoms with E-state index >= 15 is 0 Å². The standard InChI is InChI=1S/C18H15BrClN3O/c1-22-14-7-3-2-6-13(14)21-18(22)11-9-16(24)23(10-11)15-8-4-5-12(20)17(15)19/h2-8,11H,9-10H2,1H3. The van der Waals surface area contributed by atoms with Crippen molar-refractivity contribution in [1.29, 1.82) is 0 Å². The van der Waals surface area contributed by atoms with Crippen molar-refractivity contribution in [3.63, 3.8) is 0 Å². The van der Waals surface area contributed by atoms with Gasteiger partial charge in [0, 0.05) is 25.9 Å². The van der Waals surface area contributed by atoms with Crippen LogP contribution in [-0.4, -0.2) is 22.0 Å². The van der Waals surface area contributed by atoms with Crippen LogP contribution in [0.15, 0.2) is 46.9 Å². The normalized spacial score (nSPS) is 17.9. The zero-order valence-corrected chi connectivity index (χ0v) is 15.4. The number of anilines is 1. The highest BCUT2D eigenvalue weighted by atomic mass is 79.9. The SMILES string of the molecule is Cn1c(C2CC(=O)N(c3cccc(Cl)c3Br)C2)nc2ccccc21. The zero-order valence-electron chi connectivity index (χ0n) is 13.0. The van der Waals surface area contributed by atoms with Gasteiger partial charge in [0.05, 0.1) is 26.2 Å². The molecule has 1 fully saturated rings. The third-order valence-corrected chi connectivity index (χ3v) is 5.91. The van der Waals surface area contributed by atoms with Gasteiger partial charge in [-0.05, 0) is 40.2 Å². The predicted octanol–water partition coefficient (Wildman–Crippen LogP) is 4.51. The Morgan fingerprint density at radius 3 is 2.79 bits per heavy atom. The van der Waals surface area contributed by atoms with E-state index in [2.05, 4.69) is 20.5 Å². The first kappa shape index (κ1) is 15.7. The van der Waals surface area contributed by atoms with Gasteiger partial charge in [-0.25, -0.2) is 4.98 Å². The number of hydrogen-bond donors (Lipinski definition) is 0. The van der Waals surface area contributed by atoms with E-state index in [4.69, 9.17) is 16.6 Å². The maximum absolute atomic E-state index is 12.6. The summed E-state index contributed by atoms with van der Waals surface area (Å²) in [7, 11) is 2.01. The highest BCUT2D eigenvalue weighted by molar-refractivity contribution is 9.10. The van der Waals surface area contributed by atoms with Crippen molar-refractivity contribution in [2.45, 2.75) is 12.3 Å². The predicted molar refractivity (Wildman–Crippen MR) is 99.6 cm³/mol. The van der Waals surface area contributed by atoms with Crippen LogP contribution in [0.3, 0.4) is 0 Å². The monoisotopic (exact) mass is 403 g/mol. The topological polar surface area (TPSA) is 38.1 Å². The van der Waals surface area contributed by atoms with Crippen LogP contribution in [0.4, 0.5) is 5.69 Å². The Labute approximate surface area is 153 Å². The second kappa shape index (κ2) is 5.90. The molecule has 24 heavy (non-hydrogen) atoms. The molecule has 1 atom stereocenters. The Balaban J connectivity index is 1.71. The third-order valence-electron chi connectivity index (χ3n) is 4.53. The maximum Gasteiger partial charge on any atom is 0.227 e. The number of amides is 1. The summed E-state index contributed by atoms with van der Waals surface area (Å²) < 4.78 is 2.84. The van der Waals surface area contributed by atoms with Crippen molar-refractivity contribution in [1.82, 2.24) is 9.55 Å². The van der Waals surface area contributed by atoms with Crippen LogP contribution in [0, 0.1) is 0 Å². The van der Waals surface area contributed by atoms with Gasteiger partial charge in [0.1, 0.15) is 5.82 Å². The number of carbonyl (C=O) groups excluding carboxylic acids is 1. The van der Waals surface area contributed by atoms with Crippen molar-refractivity contribution < 1.29 is 4.79 Å². The van der Waals surface area contributed by atoms with Gasteiger partial charge < -0.3 is 9.47 Å². The minimum absolute atomic E-state index is 0.0702. The van der Waals surface area contributed by atoms with E-state index in [1.807, 2.05) is 43.4 Å². The molecular formula is C18H15BrClN3O. The molecule has 2 aromatic carbocycles. The quantitative estimate of drug-likeness (QED) is 0.630. The van der Waals surface area contributed by atoms with Crippen LogP contribution in [0.2, 0.25) is 5.02 Å². The number of hydrogen-bond acceptors (Lipinski definition) is 2. The van der Waals surface area contributed by atoms with Gasteiger partial charge in [0.15, 0.2) is 0 Å². The molecule has 0 N–H and O–H groups in total. The summed E-state index contributed by atoms with van der Waals surface area (Å²) in [5.74, 6) is 1.11. The Bertz CT molecular complexity index is 953. The molecule has 1 unspecified atom stereocenters. The molecule has 122 valence electrons. The molecule has 1 amide bonds. The number of fused-ring (bicyclic) bond motifs is 1. The minimum atomic E-state index is 0.0702. The lowest BCUT2D eigenvalue weighted by atomic mass is 10.1. The van der Waals surface area contributed by atoms with Crippen LogP contribution >= 0.6 is 27.5 Å². The first-order valence-corrected chi connectivity index (χ1v) is 8.89. The Morgan fingerprint density at radius 1 is 1.21 bits per heavy atom. The largest absolute Gasteiger partial charge is 0.331 e. The lowest BCUT2D eigenvalue weighted by Crippen LogP contribution is -2.25. The lowest BCUT2D eigenvalue weighted by Gasteiger charge is -2.19. The van der Waals surface area contributed by atoms with E-state index in [9.17, 15) is 4.79 Å². The van der Waals surface area contributed by atoms with Crippen molar-refractivity contribution in [2.75, 3.05) is 11.4 Å². The van der Waals surface area contributed by atoms with Crippen molar-refractivity contribution in [3.05, 3.63) is 57.8 Å². The van der Waals surface area contributed by atoms with Crippen molar-refractivity contribution in [2.24, 2.45) is 7.05 Å². The molecule has 0 spiro atoms. The molecule has 0 aliphatic carbocycles. The summed E-state index contributed by atoms with van der Waals surface area (Å²) in [4.78, 5) is 19.1. The van der Waals surface area contributed by atoms with Gasteiger partial charge >= 0.3 is 0 Å². The molecular weight excluding hydrogens is 390 g/mol. The average Bonchev–Trinajstić information content (AvgIpc) is 3.11. The van der Waals surface area contributed by atoms with Crippen LogP contribution in [0.1, 0.15) is 18.2 Å². The Kier molecular flexibility index (Phi) is 3.85. The molecule has 6 heteroatoms. The fourth-order valence-electron chi connectivity index (χ4n) is 3.34. The van der Waals surface area contributed by atoms with Crippen LogP contribution in [0.5, 0.6) is 0 Å². The fourth-order valence-corrected chi connectivity index (χ4v) is 3.99. The summed E-state index contributed by atoms with van der Waals surface area (Å²) in [6.45, 7) is 0.606. The Morgan fingerprint density at radius 2 is 2.00 bits per heavy atom. The highest BCUT2D eigenvalue weighted by Crippen LogP contribution is 2.38. The fraction of sp³-hybridized carbons (Fsp3) is 0.222. The van der Waals surface area contributed by atoms with E-state index in [1.54, 1.807) is 11.0 Å². The summed E-state index contributed by atoms with van der Waals surface area (Å²) >= 11 is 9.66. The maximum atomic E-state index is 12.6. The van der Waals surface area contributed by atoms with Gasteiger partial charge in [0.25, 0.3) is 0 Å². The smallest absolute Gasteiger partial charge is 0.227 e. The molecule has 4 nitrogen and oxygen atoms in total. The number of rotatable bonds is 2. The first-order chi connectivity index (χ1) is 11.6. The molecule has 0 radical (unpaired) electrons. The van der Waals surface area contributed by atoms with Gasteiger partial charge in [0.2, 0.25) is 5.91 Å². The average molecular weight is 405 g/mol. The third kappa shape index (κ3) is 2.43. The molecule has 2 heterocycles. The molecule has 1 saturated heterocycles. The molecule has 1 aromatic heterocycles. The van der Waals surface area contributed by atoms with Gasteiger partial charge in [-0.3, -0.25) is 4.79 Å². The molecule has 0 bridgehead atoms. The van der Waals surface area contributed by atoms with Gasteiger partial charge in [-0.15, -0.1) is 0 Å². The number of nitrogens with zero attached hydrogens (tertiary/aromatic N) is 3. The van der Waals surface area contributed by atoms with Crippen molar-refractivity contribution >= 4 is 50.2 Å². The summed E-state index contributed by atoms with van der Waals surface area (Å²) in [6, 6.07) is 13.6. The number of halogens is 2. The molecule has 4 rings (SSSR count). The molecule has 3 aromatic rings. The number of benzene rings is 2. The second-order valence-corrected chi connectivity index (χ2v) is 7.20. The highest BCUT2D eigenvalue weighted by Gasteiger charge is 2.35. The summed E-state index contributed by atoms with van der Waals surface area (Å²) in [6.07, 6.45) is 0.454. The molecule has 1 aliphatic rings. The number of carbonyl (C=O) groups is 1. The minimum Gasteiger partial charge on any atom is -0.331 e. The zero-order chi connectivity index (χ0) is 16.8. The van der Waals surface area contributed by atoms with Gasteiger partial charge in [-0.2, -0.15) is 0 Å². The number of imidazole rings is 1. The van der Waals surface area contributed by atoms with Crippen LogP contribution in [0.25, 0.3) is 11.0 Å². The van der Waals surface area contributed by atoms with Crippen LogP contribution < -0.4 is 4.90 Å². The van der Waals surface area contributed by atoms with Crippen molar-refractivity contribution in [3.8, 4) is 0 Å². The van der Waals surface area contributed by atoms with E-state index in [-0.39, 0.29) is 11.8 Å². The second-order valence-electron chi connectivity index (χ2n) is 6.00. The number of aromatic nitrogens is 2. The van der Waals surface area contributed by atoms with Gasteiger partial charge in [-0.1, -0.05) is 29.8 Å². The number of para-hydroxylation sites is 2. The molecule has 1 aliphatic heterocycles. The van der Waals surface area contributed by atoms with E-state index in [1.165, 1.54) is 0 Å². The van der Waals surface area contributed by atoms with Crippen LogP contribution in [-0.2, 0) is 11.8 Å². The Hall–Kier alpha value is -1.85. The summed E-state index contributed by atoms with van der Waals surface area (Å²) in [5.41, 5.74) is 2.86. The van der Waals surface area contributed by atoms with E-state index < -0.39 is 0 Å². The van der Waals surface area contributed by atoms with E-state index in [0.717, 1.165) is 27.0 Å². The lowest BCUT2D eigenvalue weighted by molar-refractivity contribution is -0.117. The summed E-state index contributed by atoms with van der Waals surface area (Å²) in [5, 5.41) is 0.603. The molecule has 0 saturated carbocycles. The first-order valence-electron chi connectivity index (χ1n) is 7.72.